The molecule has 3 aromatic carbocycles. The quantitative estimate of drug-likeness (QED) is 0.396. The van der Waals surface area contributed by atoms with E-state index < -0.39 is 20.6 Å². The number of para-hydroxylation sites is 1. The second-order valence-corrected chi connectivity index (χ2v) is 7.69. The molecule has 0 saturated carbocycles. The highest BCUT2D eigenvalue weighted by atomic mass is 32.2. The molecule has 0 spiro atoms. The Morgan fingerprint density at radius 3 is 2.50 bits per heavy atom. The van der Waals surface area contributed by atoms with E-state index in [0.717, 1.165) is 16.8 Å². The lowest BCUT2D eigenvalue weighted by molar-refractivity contribution is -0.386. The summed E-state index contributed by atoms with van der Waals surface area (Å²) in [6.07, 6.45) is 0. The third-order valence-electron chi connectivity index (χ3n) is 4.29. The van der Waals surface area contributed by atoms with Gasteiger partial charge in [0.1, 0.15) is 11.2 Å². The molecule has 0 aliphatic rings. The van der Waals surface area contributed by atoms with E-state index in [9.17, 15) is 18.5 Å². The summed E-state index contributed by atoms with van der Waals surface area (Å²) >= 11 is 0. The van der Waals surface area contributed by atoms with Crippen molar-refractivity contribution < 1.29 is 22.5 Å². The summed E-state index contributed by atoms with van der Waals surface area (Å²) in [6.45, 7) is 0. The van der Waals surface area contributed by atoms with Crippen LogP contribution in [0.1, 0.15) is 0 Å². The number of sulfonamides is 1. The van der Waals surface area contributed by atoms with Crippen LogP contribution in [0.2, 0.25) is 0 Å². The zero-order chi connectivity index (χ0) is 19.9. The van der Waals surface area contributed by atoms with Crippen molar-refractivity contribution in [2.75, 3.05) is 11.8 Å². The molecular formula is C19H14N2O6S. The molecule has 9 heteroatoms. The van der Waals surface area contributed by atoms with Crippen LogP contribution in [0.3, 0.4) is 0 Å². The van der Waals surface area contributed by atoms with Crippen molar-refractivity contribution in [3.8, 4) is 5.75 Å². The van der Waals surface area contributed by atoms with E-state index in [1.165, 1.54) is 19.2 Å². The van der Waals surface area contributed by atoms with Gasteiger partial charge in [-0.1, -0.05) is 18.2 Å². The Morgan fingerprint density at radius 2 is 1.75 bits per heavy atom. The third kappa shape index (κ3) is 3.01. The predicted octanol–water partition coefficient (Wildman–Crippen LogP) is 4.30. The lowest BCUT2D eigenvalue weighted by Gasteiger charge is -2.09. The number of furan rings is 1. The van der Waals surface area contributed by atoms with E-state index in [1.807, 2.05) is 24.3 Å². The zero-order valence-corrected chi connectivity index (χ0v) is 15.4. The van der Waals surface area contributed by atoms with Gasteiger partial charge in [0.25, 0.3) is 10.0 Å². The number of rotatable bonds is 5. The molecule has 4 rings (SSSR count). The fourth-order valence-electron chi connectivity index (χ4n) is 2.98. The molecule has 0 aliphatic carbocycles. The van der Waals surface area contributed by atoms with Crippen molar-refractivity contribution in [2.24, 2.45) is 0 Å². The first-order chi connectivity index (χ1) is 13.4. The average Bonchev–Trinajstić information content (AvgIpc) is 3.05. The minimum Gasteiger partial charge on any atom is -0.490 e. The van der Waals surface area contributed by atoms with Crippen molar-refractivity contribution >= 4 is 43.3 Å². The number of fused-ring (bicyclic) bond motifs is 3. The van der Waals surface area contributed by atoms with E-state index in [4.69, 9.17) is 9.15 Å². The second-order valence-electron chi connectivity index (χ2n) is 6.01. The summed E-state index contributed by atoms with van der Waals surface area (Å²) < 4.78 is 38.5. The van der Waals surface area contributed by atoms with Crippen LogP contribution >= 0.6 is 0 Å². The van der Waals surface area contributed by atoms with Gasteiger partial charge in [0.05, 0.1) is 16.9 Å². The van der Waals surface area contributed by atoms with Crippen molar-refractivity contribution in [1.29, 1.82) is 0 Å². The maximum Gasteiger partial charge on any atom is 0.312 e. The number of methoxy groups -OCH3 is 1. The molecule has 0 fully saturated rings. The molecule has 0 saturated heterocycles. The molecule has 0 amide bonds. The van der Waals surface area contributed by atoms with Gasteiger partial charge >= 0.3 is 5.69 Å². The third-order valence-corrected chi connectivity index (χ3v) is 5.67. The number of hydrogen-bond acceptors (Lipinski definition) is 6. The van der Waals surface area contributed by atoms with Crippen molar-refractivity contribution in [3.05, 3.63) is 70.8 Å². The maximum absolute atomic E-state index is 12.7. The fraction of sp³-hybridized carbons (Fsp3) is 0.0526. The van der Waals surface area contributed by atoms with Gasteiger partial charge in [-0.3, -0.25) is 14.8 Å². The van der Waals surface area contributed by atoms with Gasteiger partial charge in [-0.2, -0.15) is 0 Å². The van der Waals surface area contributed by atoms with E-state index in [-0.39, 0.29) is 10.6 Å². The number of nitrogens with one attached hydrogen (secondary N) is 1. The van der Waals surface area contributed by atoms with E-state index in [1.54, 1.807) is 18.2 Å². The standard InChI is InChI=1S/C19H14N2O6S/c1-26-19-9-7-13(11-16(19)21(22)23)28(24,25)20-12-6-8-18-15(10-12)14-4-2-3-5-17(14)27-18/h2-11,20H,1H3. The molecule has 0 unspecified atom stereocenters. The summed E-state index contributed by atoms with van der Waals surface area (Å²) in [6, 6.07) is 15.8. The van der Waals surface area contributed by atoms with Crippen molar-refractivity contribution in [2.45, 2.75) is 4.90 Å². The number of benzene rings is 3. The Labute approximate surface area is 159 Å². The Balaban J connectivity index is 1.74. The van der Waals surface area contributed by atoms with Gasteiger partial charge < -0.3 is 9.15 Å². The molecule has 1 N–H and O–H groups in total. The van der Waals surface area contributed by atoms with Gasteiger partial charge in [0, 0.05) is 22.5 Å². The van der Waals surface area contributed by atoms with Gasteiger partial charge in [-0.05, 0) is 36.4 Å². The number of nitrogens with zero attached hydrogens (tertiary/aromatic N) is 1. The molecule has 142 valence electrons. The Kier molecular flexibility index (Phi) is 4.16. The monoisotopic (exact) mass is 398 g/mol. The van der Waals surface area contributed by atoms with Crippen LogP contribution in [0, 0.1) is 10.1 Å². The molecule has 4 aromatic rings. The Morgan fingerprint density at radius 1 is 1.00 bits per heavy atom. The number of hydrogen-bond donors (Lipinski definition) is 1. The minimum atomic E-state index is -4.04. The lowest BCUT2D eigenvalue weighted by Crippen LogP contribution is -2.13. The van der Waals surface area contributed by atoms with Crippen LogP contribution in [0.4, 0.5) is 11.4 Å². The van der Waals surface area contributed by atoms with Gasteiger partial charge in [0.2, 0.25) is 0 Å². The number of ether oxygens (including phenoxy) is 1. The fourth-order valence-corrected chi connectivity index (χ4v) is 4.05. The van der Waals surface area contributed by atoms with Crippen LogP contribution < -0.4 is 9.46 Å². The maximum atomic E-state index is 12.7. The van der Waals surface area contributed by atoms with E-state index in [0.29, 0.717) is 16.9 Å². The largest absolute Gasteiger partial charge is 0.490 e. The van der Waals surface area contributed by atoms with Crippen LogP contribution in [-0.2, 0) is 10.0 Å². The highest BCUT2D eigenvalue weighted by molar-refractivity contribution is 7.92. The Hall–Kier alpha value is -3.59. The second kappa shape index (κ2) is 6.54. The molecule has 0 bridgehead atoms. The van der Waals surface area contributed by atoms with Gasteiger partial charge in [-0.15, -0.1) is 0 Å². The molecule has 8 nitrogen and oxygen atoms in total. The average molecular weight is 398 g/mol. The van der Waals surface area contributed by atoms with Crippen molar-refractivity contribution in [1.82, 2.24) is 0 Å². The molecular weight excluding hydrogens is 384 g/mol. The molecule has 0 atom stereocenters. The molecule has 0 radical (unpaired) electrons. The zero-order valence-electron chi connectivity index (χ0n) is 14.6. The van der Waals surface area contributed by atoms with E-state index >= 15 is 0 Å². The molecule has 1 aromatic heterocycles. The van der Waals surface area contributed by atoms with E-state index in [2.05, 4.69) is 4.72 Å². The van der Waals surface area contributed by atoms with Gasteiger partial charge in [0.15, 0.2) is 5.75 Å². The predicted molar refractivity (Wildman–Crippen MR) is 104 cm³/mol. The first-order valence-electron chi connectivity index (χ1n) is 8.15. The number of nitro groups is 1. The van der Waals surface area contributed by atoms with Crippen LogP contribution in [0.25, 0.3) is 21.9 Å². The number of nitro benzene ring substituents is 1. The van der Waals surface area contributed by atoms with Gasteiger partial charge in [-0.25, -0.2) is 8.42 Å². The van der Waals surface area contributed by atoms with Crippen LogP contribution in [0.15, 0.2) is 70.0 Å². The van der Waals surface area contributed by atoms with Crippen LogP contribution in [0.5, 0.6) is 5.75 Å². The topological polar surface area (TPSA) is 112 Å². The lowest BCUT2D eigenvalue weighted by atomic mass is 10.1. The highest BCUT2D eigenvalue weighted by Gasteiger charge is 2.22. The number of anilines is 1. The molecule has 28 heavy (non-hydrogen) atoms. The SMILES string of the molecule is COc1ccc(S(=O)(=O)Nc2ccc3oc4ccccc4c3c2)cc1[N+](=O)[O-]. The molecule has 1 heterocycles. The summed E-state index contributed by atoms with van der Waals surface area (Å²) in [5.74, 6) is -0.0183. The summed E-state index contributed by atoms with van der Waals surface area (Å²) in [4.78, 5) is 10.2. The molecule has 0 aliphatic heterocycles. The summed E-state index contributed by atoms with van der Waals surface area (Å²) in [5.41, 5.74) is 1.21. The summed E-state index contributed by atoms with van der Waals surface area (Å²) in [7, 11) is -2.76. The minimum absolute atomic E-state index is 0.0183. The first kappa shape index (κ1) is 17.8. The normalized spacial score (nSPS) is 11.6. The smallest absolute Gasteiger partial charge is 0.312 e. The highest BCUT2D eigenvalue weighted by Crippen LogP contribution is 2.33. The van der Waals surface area contributed by atoms with Crippen molar-refractivity contribution in [3.63, 3.8) is 0 Å². The van der Waals surface area contributed by atoms with Crippen LogP contribution in [-0.4, -0.2) is 20.5 Å². The first-order valence-corrected chi connectivity index (χ1v) is 9.64. The Bertz CT molecular complexity index is 1330. The summed E-state index contributed by atoms with van der Waals surface area (Å²) in [5, 5.41) is 12.8.